The van der Waals surface area contributed by atoms with Crippen LogP contribution >= 0.6 is 84.9 Å². The third-order valence-corrected chi connectivity index (χ3v) is 10.2. The molecule has 8 heteroatoms. The lowest BCUT2D eigenvalue weighted by atomic mass is 9.97. The third kappa shape index (κ3) is 7.45. The zero-order chi connectivity index (χ0) is 16.3. The van der Waals surface area contributed by atoms with E-state index in [0.717, 1.165) is 28.8 Å². The number of thioether (sulfide) groups is 4. The average Bonchev–Trinajstić information content (AvgIpc) is 2.44. The fourth-order valence-corrected chi connectivity index (χ4v) is 10.3. The van der Waals surface area contributed by atoms with Gasteiger partial charge in [-0.3, -0.25) is 0 Å². The zero-order valence-electron chi connectivity index (χ0n) is 12.9. The molecule has 0 bridgehead atoms. The predicted octanol–water partition coefficient (Wildman–Crippen LogP) is 4.73. The van der Waals surface area contributed by atoms with Crippen LogP contribution in [0, 0.1) is 5.41 Å². The maximum absolute atomic E-state index is 9.10. The van der Waals surface area contributed by atoms with Gasteiger partial charge in [0.05, 0.1) is 20.4 Å². The molecule has 0 fully saturated rings. The molecule has 0 aromatic carbocycles. The van der Waals surface area contributed by atoms with E-state index in [-0.39, 0.29) is 25.8 Å². The fraction of sp³-hybridized carbons (Fsp3) is 1.00. The number of aliphatic hydroxyl groups is 1. The molecule has 0 saturated heterocycles. The van der Waals surface area contributed by atoms with Crippen molar-refractivity contribution in [3.63, 3.8) is 0 Å². The molecule has 128 valence electrons. The maximum Gasteiger partial charge on any atom is 0.0573 e. The Morgan fingerprint density at radius 2 is 1.24 bits per heavy atom. The van der Waals surface area contributed by atoms with Crippen LogP contribution in [0.1, 0.15) is 20.8 Å². The average molecular weight is 425 g/mol. The van der Waals surface area contributed by atoms with Crippen LogP contribution in [0.2, 0.25) is 0 Å². The van der Waals surface area contributed by atoms with Gasteiger partial charge >= 0.3 is 0 Å². The quantitative estimate of drug-likeness (QED) is 0.194. The lowest BCUT2D eigenvalue weighted by molar-refractivity contribution is 0.322. The Balaban J connectivity index is 5.34. The first kappa shape index (κ1) is 23.4. The molecule has 0 radical (unpaired) electrons. The second-order valence-electron chi connectivity index (χ2n) is 4.31. The molecule has 0 rings (SSSR count). The molecule has 0 aliphatic heterocycles. The summed E-state index contributed by atoms with van der Waals surface area (Å²) in [6.07, 6.45) is 0. The minimum Gasteiger partial charge on any atom is -0.396 e. The number of aliphatic hydroxyl groups excluding tert-OH is 1. The number of thiol groups is 3. The minimum atomic E-state index is -0.0861. The van der Waals surface area contributed by atoms with Gasteiger partial charge in [-0.1, -0.05) is 20.8 Å². The van der Waals surface area contributed by atoms with Gasteiger partial charge in [0.2, 0.25) is 0 Å². The van der Waals surface area contributed by atoms with Crippen molar-refractivity contribution in [2.45, 2.75) is 34.5 Å². The van der Waals surface area contributed by atoms with E-state index < -0.39 is 0 Å². The predicted molar refractivity (Wildman–Crippen MR) is 120 cm³/mol. The van der Waals surface area contributed by atoms with Crippen molar-refractivity contribution < 1.29 is 5.11 Å². The molecule has 0 aliphatic rings. The molecule has 0 spiro atoms. The highest BCUT2D eigenvalue weighted by Gasteiger charge is 2.48. The molecule has 0 amide bonds. The van der Waals surface area contributed by atoms with Crippen molar-refractivity contribution in [1.82, 2.24) is 0 Å². The summed E-state index contributed by atoms with van der Waals surface area (Å²) in [6.45, 7) is 6.72. The van der Waals surface area contributed by atoms with Gasteiger partial charge in [0.1, 0.15) is 0 Å². The van der Waals surface area contributed by atoms with Gasteiger partial charge in [-0.15, -0.1) is 35.3 Å². The summed E-state index contributed by atoms with van der Waals surface area (Å²) in [5, 5.41) is 9.10. The molecule has 0 aromatic rings. The van der Waals surface area contributed by atoms with Crippen LogP contribution in [-0.4, -0.2) is 54.2 Å². The van der Waals surface area contributed by atoms with Crippen molar-refractivity contribution in [2.75, 3.05) is 35.4 Å². The zero-order valence-corrected chi connectivity index (χ0v) is 18.8. The Kier molecular flexibility index (Phi) is 15.2. The van der Waals surface area contributed by atoms with E-state index in [1.807, 2.05) is 35.3 Å². The SMILES string of the molecule is CCSC(S)C(CSCCO)(C(S)SCC)C(S)SCC. The summed E-state index contributed by atoms with van der Waals surface area (Å²) in [4.78, 5) is 0. The first-order valence-corrected chi connectivity index (χ1v) is 12.9. The number of rotatable bonds is 13. The van der Waals surface area contributed by atoms with Crippen LogP contribution in [0.25, 0.3) is 0 Å². The molecule has 1 N–H and O–H groups in total. The minimum absolute atomic E-state index is 0.0861. The highest BCUT2D eigenvalue weighted by atomic mass is 32.2. The molecule has 0 saturated carbocycles. The van der Waals surface area contributed by atoms with E-state index in [0.29, 0.717) is 0 Å². The summed E-state index contributed by atoms with van der Waals surface area (Å²) in [6, 6.07) is 0. The van der Waals surface area contributed by atoms with Crippen LogP contribution in [0.4, 0.5) is 0 Å². The van der Waals surface area contributed by atoms with E-state index in [1.54, 1.807) is 11.8 Å². The molecular formula is C13H28OS7. The number of hydrogen-bond acceptors (Lipinski definition) is 8. The number of hydrogen-bond donors (Lipinski definition) is 4. The van der Waals surface area contributed by atoms with E-state index >= 15 is 0 Å². The summed E-state index contributed by atoms with van der Waals surface area (Å²) < 4.78 is 0.574. The van der Waals surface area contributed by atoms with Gasteiger partial charge in [-0.2, -0.15) is 49.6 Å². The summed E-state index contributed by atoms with van der Waals surface area (Å²) in [5.74, 6) is 4.80. The lowest BCUT2D eigenvalue weighted by Gasteiger charge is -2.45. The summed E-state index contributed by atoms with van der Waals surface area (Å²) >= 11 is 22.2. The van der Waals surface area contributed by atoms with E-state index in [9.17, 15) is 0 Å². The highest BCUT2D eigenvalue weighted by molar-refractivity contribution is 8.13. The Labute approximate surface area is 164 Å². The van der Waals surface area contributed by atoms with Gasteiger partial charge in [0.25, 0.3) is 0 Å². The van der Waals surface area contributed by atoms with Crippen molar-refractivity contribution in [2.24, 2.45) is 5.41 Å². The standard InChI is InChI=1S/C13H28OS7/c1-4-19-10(15)13(9-18-8-7-14,11(16)20-5-2)12(17)21-6-3/h10-12,14-17H,4-9H2,1-3H3. The normalized spacial score (nSPS) is 19.0. The van der Waals surface area contributed by atoms with Gasteiger partial charge < -0.3 is 5.11 Å². The monoisotopic (exact) mass is 424 g/mol. The highest BCUT2D eigenvalue weighted by Crippen LogP contribution is 2.53. The van der Waals surface area contributed by atoms with E-state index in [4.69, 9.17) is 43.0 Å². The Hall–Kier alpha value is 2.41. The molecule has 0 aromatic heterocycles. The van der Waals surface area contributed by atoms with Crippen molar-refractivity contribution in [1.29, 1.82) is 0 Å². The molecule has 3 atom stereocenters. The van der Waals surface area contributed by atoms with Crippen molar-refractivity contribution in [3.8, 4) is 0 Å². The first-order valence-electron chi connectivity index (χ1n) is 7.08. The second-order valence-corrected chi connectivity index (χ2v) is 12.2. The Bertz CT molecular complexity index is 223. The van der Waals surface area contributed by atoms with E-state index in [1.165, 1.54) is 0 Å². The largest absolute Gasteiger partial charge is 0.396 e. The summed E-state index contributed by atoms with van der Waals surface area (Å²) in [7, 11) is 0. The van der Waals surface area contributed by atoms with Crippen LogP contribution in [-0.2, 0) is 0 Å². The molecule has 0 heterocycles. The molecule has 0 aliphatic carbocycles. The molecule has 3 unspecified atom stereocenters. The third-order valence-electron chi connectivity index (χ3n) is 2.94. The maximum atomic E-state index is 9.10. The van der Waals surface area contributed by atoms with E-state index in [2.05, 4.69) is 20.8 Å². The van der Waals surface area contributed by atoms with Crippen molar-refractivity contribution in [3.05, 3.63) is 0 Å². The van der Waals surface area contributed by atoms with Gasteiger partial charge in [0, 0.05) is 16.9 Å². The van der Waals surface area contributed by atoms with Crippen LogP contribution in [0.15, 0.2) is 0 Å². The lowest BCUT2D eigenvalue weighted by Crippen LogP contribution is -2.47. The molecule has 21 heavy (non-hydrogen) atoms. The van der Waals surface area contributed by atoms with Gasteiger partial charge in [-0.25, -0.2) is 0 Å². The van der Waals surface area contributed by atoms with Gasteiger partial charge in [0.15, 0.2) is 0 Å². The Morgan fingerprint density at radius 3 is 1.52 bits per heavy atom. The van der Waals surface area contributed by atoms with Crippen molar-refractivity contribution >= 4 is 84.9 Å². The van der Waals surface area contributed by atoms with Crippen LogP contribution < -0.4 is 0 Å². The molecular weight excluding hydrogens is 397 g/mol. The molecule has 1 nitrogen and oxygen atoms in total. The smallest absolute Gasteiger partial charge is 0.0573 e. The van der Waals surface area contributed by atoms with Crippen LogP contribution in [0.3, 0.4) is 0 Å². The fourth-order valence-electron chi connectivity index (χ4n) is 1.83. The summed E-state index contributed by atoms with van der Waals surface area (Å²) in [5.41, 5.74) is -0.0861. The topological polar surface area (TPSA) is 20.2 Å². The van der Waals surface area contributed by atoms with Gasteiger partial charge in [-0.05, 0) is 17.3 Å². The van der Waals surface area contributed by atoms with Crippen LogP contribution in [0.5, 0.6) is 0 Å². The first-order chi connectivity index (χ1) is 10.0. The Morgan fingerprint density at radius 1 is 0.857 bits per heavy atom. The second kappa shape index (κ2) is 13.7.